The first kappa shape index (κ1) is 20.6. The Balaban J connectivity index is 1.55. The number of aliphatic imine (C=N–C) groups is 1. The van der Waals surface area contributed by atoms with E-state index in [1.807, 2.05) is 29.2 Å². The van der Waals surface area contributed by atoms with Gasteiger partial charge in [-0.25, -0.2) is 9.79 Å². The number of anilines is 1. The average molecular weight is 449 g/mol. The minimum atomic E-state index is -0.394. The fraction of sp³-hybridized carbons (Fsp3) is 0.207. The maximum Gasteiger partial charge on any atom is 0.336 e. The van der Waals surface area contributed by atoms with Crippen LogP contribution < -0.4 is 10.5 Å². The highest BCUT2D eigenvalue weighted by atomic mass is 16.4. The second-order valence-electron chi connectivity index (χ2n) is 9.97. The molecule has 3 aromatic carbocycles. The van der Waals surface area contributed by atoms with Crippen LogP contribution in [0.15, 0.2) is 93.1 Å². The third-order valence-corrected chi connectivity index (χ3v) is 7.16. The van der Waals surface area contributed by atoms with Crippen molar-refractivity contribution < 1.29 is 9.21 Å². The van der Waals surface area contributed by atoms with Crippen molar-refractivity contribution in [1.29, 1.82) is 0 Å². The van der Waals surface area contributed by atoms with Crippen LogP contribution in [0.1, 0.15) is 43.9 Å². The first-order chi connectivity index (χ1) is 16.3. The number of fused-ring (bicyclic) bond motifs is 1. The topological polar surface area (TPSA) is 62.9 Å². The van der Waals surface area contributed by atoms with Gasteiger partial charge in [-0.2, -0.15) is 0 Å². The van der Waals surface area contributed by atoms with Crippen LogP contribution in [0, 0.1) is 0 Å². The molecule has 0 saturated carbocycles. The van der Waals surface area contributed by atoms with Crippen molar-refractivity contribution in [1.82, 2.24) is 0 Å². The maximum atomic E-state index is 13.8. The Kier molecular flexibility index (Phi) is 4.24. The lowest BCUT2D eigenvalue weighted by molar-refractivity contribution is -0.113. The summed E-state index contributed by atoms with van der Waals surface area (Å²) < 4.78 is 5.24. The van der Waals surface area contributed by atoms with Crippen molar-refractivity contribution in [3.8, 4) is 0 Å². The summed E-state index contributed by atoms with van der Waals surface area (Å²) in [4.78, 5) is 32.0. The molecule has 0 bridgehead atoms. The second-order valence-corrected chi connectivity index (χ2v) is 9.97. The average Bonchev–Trinajstić information content (AvgIpc) is 3.11. The summed E-state index contributed by atoms with van der Waals surface area (Å²) in [7, 11) is 0. The number of benzene rings is 3. The summed E-state index contributed by atoms with van der Waals surface area (Å²) in [6.45, 7) is 6.54. The number of rotatable bonds is 2. The van der Waals surface area contributed by atoms with Crippen molar-refractivity contribution in [2.24, 2.45) is 4.99 Å². The molecule has 1 unspecified atom stereocenters. The van der Waals surface area contributed by atoms with E-state index in [1.54, 1.807) is 18.2 Å². The molecule has 1 amide bonds. The number of amides is 1. The van der Waals surface area contributed by atoms with E-state index in [0.717, 1.165) is 28.6 Å². The highest BCUT2D eigenvalue weighted by Crippen LogP contribution is 2.54. The molecule has 168 valence electrons. The van der Waals surface area contributed by atoms with Crippen LogP contribution in [-0.2, 0) is 10.2 Å². The van der Waals surface area contributed by atoms with Crippen molar-refractivity contribution in [3.63, 3.8) is 0 Å². The third kappa shape index (κ3) is 2.90. The van der Waals surface area contributed by atoms with Crippen LogP contribution in [0.25, 0.3) is 11.0 Å². The highest BCUT2D eigenvalue weighted by Gasteiger charge is 2.52. The predicted molar refractivity (Wildman–Crippen MR) is 134 cm³/mol. The van der Waals surface area contributed by atoms with E-state index >= 15 is 0 Å². The summed E-state index contributed by atoms with van der Waals surface area (Å²) in [5.74, 6) is -0.0812. The summed E-state index contributed by atoms with van der Waals surface area (Å²) in [5.41, 5.74) is 4.77. The summed E-state index contributed by atoms with van der Waals surface area (Å²) >= 11 is 0. The monoisotopic (exact) mass is 448 g/mol. The SMILES string of the molecule is CC1(c2ccccc2)CC(C)(C)N2C(=O)C(=Nc3ccc4oc(=O)ccc4c3)c3cccc1c32. The first-order valence-corrected chi connectivity index (χ1v) is 11.4. The van der Waals surface area contributed by atoms with Crippen LogP contribution in [0.3, 0.4) is 0 Å². The zero-order chi connectivity index (χ0) is 23.7. The maximum absolute atomic E-state index is 13.8. The van der Waals surface area contributed by atoms with E-state index in [0.29, 0.717) is 17.0 Å². The Hall–Kier alpha value is -3.99. The van der Waals surface area contributed by atoms with Gasteiger partial charge in [-0.1, -0.05) is 55.5 Å². The minimum Gasteiger partial charge on any atom is -0.423 e. The number of carbonyl (C=O) groups is 1. The molecule has 2 aliphatic rings. The number of hydrogen-bond acceptors (Lipinski definition) is 4. The molecule has 0 saturated heterocycles. The van der Waals surface area contributed by atoms with Crippen molar-refractivity contribution in [2.75, 3.05) is 4.90 Å². The van der Waals surface area contributed by atoms with Gasteiger partial charge in [0.05, 0.1) is 11.4 Å². The third-order valence-electron chi connectivity index (χ3n) is 7.16. The van der Waals surface area contributed by atoms with E-state index in [1.165, 1.54) is 11.6 Å². The van der Waals surface area contributed by atoms with Gasteiger partial charge < -0.3 is 9.32 Å². The molecule has 1 aromatic heterocycles. The van der Waals surface area contributed by atoms with Crippen LogP contribution >= 0.6 is 0 Å². The van der Waals surface area contributed by atoms with Gasteiger partial charge >= 0.3 is 5.63 Å². The Labute approximate surface area is 197 Å². The lowest BCUT2D eigenvalue weighted by atomic mass is 9.65. The van der Waals surface area contributed by atoms with E-state index in [-0.39, 0.29) is 11.3 Å². The molecule has 0 spiro atoms. The highest BCUT2D eigenvalue weighted by molar-refractivity contribution is 6.55. The fourth-order valence-electron chi connectivity index (χ4n) is 5.79. The van der Waals surface area contributed by atoms with Gasteiger partial charge in [-0.05, 0) is 55.7 Å². The van der Waals surface area contributed by atoms with Gasteiger partial charge in [-0.3, -0.25) is 4.79 Å². The summed E-state index contributed by atoms with van der Waals surface area (Å²) in [6.07, 6.45) is 0.800. The van der Waals surface area contributed by atoms with Crippen molar-refractivity contribution in [2.45, 2.75) is 38.1 Å². The Morgan fingerprint density at radius 2 is 1.68 bits per heavy atom. The lowest BCUT2D eigenvalue weighted by Crippen LogP contribution is -2.54. The van der Waals surface area contributed by atoms with Gasteiger partial charge in [0, 0.05) is 28.0 Å². The number of hydrogen-bond donors (Lipinski definition) is 0. The molecule has 34 heavy (non-hydrogen) atoms. The minimum absolute atomic E-state index is 0.0812. The Morgan fingerprint density at radius 3 is 2.47 bits per heavy atom. The van der Waals surface area contributed by atoms with Crippen LogP contribution in [0.4, 0.5) is 11.4 Å². The molecule has 0 aliphatic carbocycles. The quantitative estimate of drug-likeness (QED) is 0.367. The molecule has 2 aliphatic heterocycles. The fourth-order valence-corrected chi connectivity index (χ4v) is 5.79. The van der Waals surface area contributed by atoms with Crippen molar-refractivity contribution >= 4 is 34.0 Å². The van der Waals surface area contributed by atoms with E-state index in [2.05, 4.69) is 51.1 Å². The van der Waals surface area contributed by atoms with Crippen LogP contribution in [0.5, 0.6) is 0 Å². The largest absolute Gasteiger partial charge is 0.423 e. The van der Waals surface area contributed by atoms with Gasteiger partial charge in [0.25, 0.3) is 5.91 Å². The van der Waals surface area contributed by atoms with E-state index < -0.39 is 11.2 Å². The molecular weight excluding hydrogens is 424 g/mol. The molecule has 0 N–H and O–H groups in total. The van der Waals surface area contributed by atoms with E-state index in [9.17, 15) is 9.59 Å². The molecule has 6 rings (SSSR count). The van der Waals surface area contributed by atoms with Crippen molar-refractivity contribution in [3.05, 3.63) is 106 Å². The van der Waals surface area contributed by atoms with Gasteiger partial charge in [-0.15, -0.1) is 0 Å². The van der Waals surface area contributed by atoms with Crippen LogP contribution in [0.2, 0.25) is 0 Å². The molecule has 3 heterocycles. The predicted octanol–water partition coefficient (Wildman–Crippen LogP) is 5.75. The first-order valence-electron chi connectivity index (χ1n) is 11.4. The smallest absolute Gasteiger partial charge is 0.336 e. The summed E-state index contributed by atoms with van der Waals surface area (Å²) in [6, 6.07) is 25.1. The normalized spacial score (nSPS) is 21.8. The molecule has 0 radical (unpaired) electrons. The number of nitrogens with zero attached hydrogens (tertiary/aromatic N) is 2. The standard InChI is InChI=1S/C29H24N2O3/c1-28(2)17-29(3,19-8-5-4-6-9-19)22-11-7-10-21-25(27(33)31(28)26(21)22)30-20-13-14-23-18(16-20)12-15-24(32)34-23/h4-16H,17H2,1-3H3. The zero-order valence-corrected chi connectivity index (χ0v) is 19.3. The van der Waals surface area contributed by atoms with Gasteiger partial charge in [0.2, 0.25) is 0 Å². The molecular formula is C29H24N2O3. The second kappa shape index (κ2) is 7.00. The molecule has 5 heteroatoms. The molecule has 5 nitrogen and oxygen atoms in total. The zero-order valence-electron chi connectivity index (χ0n) is 19.3. The number of carbonyl (C=O) groups excluding carboxylic acids is 1. The van der Waals surface area contributed by atoms with Gasteiger partial charge in [0.15, 0.2) is 0 Å². The number of para-hydroxylation sites is 1. The van der Waals surface area contributed by atoms with E-state index in [4.69, 9.17) is 9.41 Å². The molecule has 1 atom stereocenters. The lowest BCUT2D eigenvalue weighted by Gasteiger charge is -2.49. The Morgan fingerprint density at radius 1 is 0.882 bits per heavy atom. The van der Waals surface area contributed by atoms with Gasteiger partial charge in [0.1, 0.15) is 11.3 Å². The van der Waals surface area contributed by atoms with Crippen LogP contribution in [-0.4, -0.2) is 17.2 Å². The summed E-state index contributed by atoms with van der Waals surface area (Å²) in [5, 5.41) is 0.763. The molecule has 0 fully saturated rings. The molecule has 4 aromatic rings. The Bertz CT molecular complexity index is 1570.